The zero-order chi connectivity index (χ0) is 29.9. The Labute approximate surface area is 258 Å². The predicted octanol–water partition coefficient (Wildman–Crippen LogP) is 9.26. The highest BCUT2D eigenvalue weighted by Gasteiger charge is 2.21. The van der Waals surface area contributed by atoms with Gasteiger partial charge in [-0.2, -0.15) is 0 Å². The van der Waals surface area contributed by atoms with E-state index in [0.29, 0.717) is 0 Å². The summed E-state index contributed by atoms with van der Waals surface area (Å²) in [5.74, 6) is 0. The molecule has 8 aromatic heterocycles. The maximum Gasteiger partial charge on any atom is 0.159 e. The first kappa shape index (κ1) is 23.9. The molecule has 8 nitrogen and oxygen atoms in total. The molecule has 3 aromatic carbocycles. The molecule has 8 heterocycles. The molecule has 0 bridgehead atoms. The number of benzene rings is 3. The van der Waals surface area contributed by atoms with E-state index in [1.54, 1.807) is 0 Å². The molecule has 214 valence electrons. The third kappa shape index (κ3) is 2.97. The van der Waals surface area contributed by atoms with Gasteiger partial charge in [0.2, 0.25) is 0 Å². The largest absolute Gasteiger partial charge is 0.454 e. The Kier molecular flexibility index (Phi) is 4.43. The summed E-state index contributed by atoms with van der Waals surface area (Å²) >= 11 is 0. The molecule has 0 atom stereocenters. The maximum atomic E-state index is 6.72. The van der Waals surface area contributed by atoms with Crippen LogP contribution in [0.1, 0.15) is 0 Å². The van der Waals surface area contributed by atoms with E-state index in [-0.39, 0.29) is 0 Å². The van der Waals surface area contributed by atoms with Crippen molar-refractivity contribution in [1.82, 2.24) is 29.1 Å². The summed E-state index contributed by atoms with van der Waals surface area (Å²) in [5.41, 5.74) is 10.9. The second-order valence-corrected chi connectivity index (χ2v) is 11.6. The molecular formula is C38H20N6O2. The molecule has 0 unspecified atom stereocenters. The summed E-state index contributed by atoms with van der Waals surface area (Å²) in [5, 5.41) is 6.11. The van der Waals surface area contributed by atoms with Gasteiger partial charge in [-0.15, -0.1) is 0 Å². The zero-order valence-corrected chi connectivity index (χ0v) is 24.0. The molecule has 0 N–H and O–H groups in total. The molecule has 0 saturated carbocycles. The molecule has 0 saturated heterocycles. The van der Waals surface area contributed by atoms with Crippen molar-refractivity contribution in [3.8, 4) is 11.4 Å². The standard InChI is InChI=1S/C38H20N6O2/c1-5-21-25-17-34-26(18-33(25)45-37(21)29(7-1)43-27-9-3-13-41-35(27)23-11-15-39-19-31(23)43)22-6-2-8-30(38(22)46-34)44-28-10-4-14-42-36(28)24-12-16-40-20-32(24)44/h1-20H. The predicted molar refractivity (Wildman–Crippen MR) is 181 cm³/mol. The van der Waals surface area contributed by atoms with Gasteiger partial charge in [-0.05, 0) is 60.7 Å². The third-order valence-electron chi connectivity index (χ3n) is 9.20. The first-order chi connectivity index (χ1) is 22.8. The number of fused-ring (bicyclic) bond motifs is 12. The first-order valence-electron chi connectivity index (χ1n) is 15.0. The van der Waals surface area contributed by atoms with Gasteiger partial charge in [-0.25, -0.2) is 0 Å². The lowest BCUT2D eigenvalue weighted by Crippen LogP contribution is -1.94. The van der Waals surface area contributed by atoms with Crippen molar-refractivity contribution in [2.24, 2.45) is 0 Å². The molecule has 0 amide bonds. The van der Waals surface area contributed by atoms with Crippen molar-refractivity contribution in [1.29, 1.82) is 0 Å². The Morgan fingerprint density at radius 1 is 0.435 bits per heavy atom. The van der Waals surface area contributed by atoms with E-state index < -0.39 is 0 Å². The van der Waals surface area contributed by atoms with Crippen molar-refractivity contribution in [3.05, 3.63) is 122 Å². The number of rotatable bonds is 2. The Morgan fingerprint density at radius 2 is 0.935 bits per heavy atom. The number of para-hydroxylation sites is 2. The number of hydrogen-bond donors (Lipinski definition) is 0. The molecular weight excluding hydrogens is 572 g/mol. The smallest absolute Gasteiger partial charge is 0.159 e. The highest BCUT2D eigenvalue weighted by Crippen LogP contribution is 2.42. The Hall–Kier alpha value is -6.54. The fourth-order valence-electron chi connectivity index (χ4n) is 7.29. The molecule has 11 rings (SSSR count). The van der Waals surface area contributed by atoms with E-state index in [1.807, 2.05) is 61.4 Å². The lowest BCUT2D eigenvalue weighted by Gasteiger charge is -2.07. The number of furan rings is 2. The normalized spacial score (nSPS) is 12.3. The number of nitrogens with zero attached hydrogens (tertiary/aromatic N) is 6. The molecule has 0 fully saturated rings. The van der Waals surface area contributed by atoms with Crippen LogP contribution in [0.25, 0.3) is 99.1 Å². The SMILES string of the molecule is c1cc(-n2c3cnccc3c3ncccc32)c2oc3cc4c(cc3c2c1)oc1c(-n2c3cnccc3c3ncccc32)cccc14. The van der Waals surface area contributed by atoms with Gasteiger partial charge in [-0.3, -0.25) is 19.9 Å². The van der Waals surface area contributed by atoms with Gasteiger partial charge in [0.1, 0.15) is 11.2 Å². The van der Waals surface area contributed by atoms with E-state index >= 15 is 0 Å². The van der Waals surface area contributed by atoms with Crippen LogP contribution in [0.3, 0.4) is 0 Å². The van der Waals surface area contributed by atoms with Crippen molar-refractivity contribution in [2.45, 2.75) is 0 Å². The second-order valence-electron chi connectivity index (χ2n) is 11.6. The van der Waals surface area contributed by atoms with E-state index in [4.69, 9.17) is 18.8 Å². The minimum atomic E-state index is 0.797. The van der Waals surface area contributed by atoms with Crippen LogP contribution in [-0.4, -0.2) is 29.1 Å². The van der Waals surface area contributed by atoms with Crippen LogP contribution in [0.15, 0.2) is 131 Å². The zero-order valence-electron chi connectivity index (χ0n) is 24.0. The summed E-state index contributed by atoms with van der Waals surface area (Å²) in [6.07, 6.45) is 11.0. The Balaban J connectivity index is 1.18. The molecule has 0 spiro atoms. The molecule has 11 aromatic rings. The van der Waals surface area contributed by atoms with E-state index in [9.17, 15) is 0 Å². The summed E-state index contributed by atoms with van der Waals surface area (Å²) in [6.45, 7) is 0. The van der Waals surface area contributed by atoms with Crippen molar-refractivity contribution >= 4 is 87.7 Å². The maximum absolute atomic E-state index is 6.72. The van der Waals surface area contributed by atoms with Crippen LogP contribution in [0.4, 0.5) is 0 Å². The third-order valence-corrected chi connectivity index (χ3v) is 9.20. The second kappa shape index (κ2) is 8.55. The van der Waals surface area contributed by atoms with Crippen LogP contribution in [0.5, 0.6) is 0 Å². The molecule has 8 heteroatoms. The van der Waals surface area contributed by atoms with Crippen molar-refractivity contribution < 1.29 is 8.83 Å². The van der Waals surface area contributed by atoms with Gasteiger partial charge in [-0.1, -0.05) is 24.3 Å². The van der Waals surface area contributed by atoms with Crippen LogP contribution in [0, 0.1) is 0 Å². The lowest BCUT2D eigenvalue weighted by molar-refractivity contribution is 0.661. The van der Waals surface area contributed by atoms with Crippen LogP contribution in [-0.2, 0) is 0 Å². The van der Waals surface area contributed by atoms with Crippen LogP contribution >= 0.6 is 0 Å². The highest BCUT2D eigenvalue weighted by molar-refractivity contribution is 6.18. The molecule has 0 aliphatic carbocycles. The van der Waals surface area contributed by atoms with Gasteiger partial charge < -0.3 is 18.0 Å². The fourth-order valence-corrected chi connectivity index (χ4v) is 7.29. The quantitative estimate of drug-likeness (QED) is 0.199. The van der Waals surface area contributed by atoms with Gasteiger partial charge in [0, 0.05) is 57.1 Å². The molecule has 46 heavy (non-hydrogen) atoms. The summed E-state index contributed by atoms with van der Waals surface area (Å²) < 4.78 is 17.8. The molecule has 0 radical (unpaired) electrons. The minimum Gasteiger partial charge on any atom is -0.454 e. The monoisotopic (exact) mass is 592 g/mol. The van der Waals surface area contributed by atoms with Gasteiger partial charge in [0.05, 0.1) is 56.9 Å². The molecule has 0 aliphatic rings. The van der Waals surface area contributed by atoms with Crippen LogP contribution in [0.2, 0.25) is 0 Å². The van der Waals surface area contributed by atoms with Crippen molar-refractivity contribution in [2.75, 3.05) is 0 Å². The number of aromatic nitrogens is 6. The topological polar surface area (TPSA) is 87.7 Å². The van der Waals surface area contributed by atoms with E-state index in [0.717, 1.165) is 99.1 Å². The summed E-state index contributed by atoms with van der Waals surface area (Å²) in [4.78, 5) is 18.3. The van der Waals surface area contributed by atoms with Gasteiger partial charge in [0.25, 0.3) is 0 Å². The number of pyridine rings is 4. The number of hydrogen-bond acceptors (Lipinski definition) is 6. The Morgan fingerprint density at radius 3 is 1.43 bits per heavy atom. The minimum absolute atomic E-state index is 0.797. The summed E-state index contributed by atoms with van der Waals surface area (Å²) in [6, 6.07) is 28.9. The van der Waals surface area contributed by atoms with Crippen molar-refractivity contribution in [3.63, 3.8) is 0 Å². The van der Waals surface area contributed by atoms with E-state index in [2.05, 4.69) is 79.8 Å². The van der Waals surface area contributed by atoms with Crippen LogP contribution < -0.4 is 0 Å². The fraction of sp³-hybridized carbons (Fsp3) is 0. The average Bonchev–Trinajstić information content (AvgIpc) is 3.85. The van der Waals surface area contributed by atoms with Gasteiger partial charge >= 0.3 is 0 Å². The lowest BCUT2D eigenvalue weighted by atomic mass is 10.1. The first-order valence-corrected chi connectivity index (χ1v) is 15.0. The Bertz CT molecular complexity index is 2740. The molecule has 0 aliphatic heterocycles. The highest BCUT2D eigenvalue weighted by atomic mass is 16.3. The average molecular weight is 593 g/mol. The van der Waals surface area contributed by atoms with E-state index in [1.165, 1.54) is 0 Å². The summed E-state index contributed by atoms with van der Waals surface area (Å²) in [7, 11) is 0. The van der Waals surface area contributed by atoms with Gasteiger partial charge in [0.15, 0.2) is 11.2 Å².